The largest absolute Gasteiger partial charge is 0.409 e. The molecule has 0 saturated heterocycles. The Kier molecular flexibility index (Phi) is 7.34. The Morgan fingerprint density at radius 3 is 2.41 bits per heavy atom. The molecule has 0 aliphatic carbocycles. The lowest BCUT2D eigenvalue weighted by atomic mass is 10.1. The van der Waals surface area contributed by atoms with Crippen molar-refractivity contribution in [2.75, 3.05) is 6.54 Å². The number of rotatable bonds is 7. The normalized spacial score (nSPS) is 15.4. The minimum atomic E-state index is -0.564. The lowest BCUT2D eigenvalue weighted by Gasteiger charge is -2.30. The van der Waals surface area contributed by atoms with Crippen molar-refractivity contribution in [2.24, 2.45) is 16.8 Å². The highest BCUT2D eigenvalue weighted by Gasteiger charge is 2.26. The van der Waals surface area contributed by atoms with Crippen LogP contribution < -0.4 is 5.73 Å². The van der Waals surface area contributed by atoms with Crippen LogP contribution in [0.1, 0.15) is 47.0 Å². The van der Waals surface area contributed by atoms with Crippen molar-refractivity contribution < 1.29 is 10.0 Å². The highest BCUT2D eigenvalue weighted by molar-refractivity contribution is 6.01. The molecule has 0 heterocycles. The maximum absolute atomic E-state index is 12.2. The van der Waals surface area contributed by atoms with Gasteiger partial charge >= 0.3 is 0 Å². The Bertz CT molecular complexity index is 266. The number of oxime groups is 1. The number of carbonyl (C=O) groups excluding carboxylic acids is 1. The molecular formula is C12H25N3O2. The lowest BCUT2D eigenvalue weighted by Crippen LogP contribution is -2.45. The molecule has 17 heavy (non-hydrogen) atoms. The fourth-order valence-electron chi connectivity index (χ4n) is 1.56. The molecule has 0 bridgehead atoms. The summed E-state index contributed by atoms with van der Waals surface area (Å²) >= 11 is 0. The van der Waals surface area contributed by atoms with Crippen LogP contribution in [0.2, 0.25) is 0 Å². The molecule has 2 unspecified atom stereocenters. The Hall–Kier alpha value is -1.26. The van der Waals surface area contributed by atoms with Gasteiger partial charge in [-0.15, -0.1) is 0 Å². The molecule has 0 fully saturated rings. The third kappa shape index (κ3) is 4.63. The van der Waals surface area contributed by atoms with Crippen molar-refractivity contribution >= 4 is 11.7 Å². The zero-order chi connectivity index (χ0) is 13.4. The highest BCUT2D eigenvalue weighted by atomic mass is 16.4. The van der Waals surface area contributed by atoms with Crippen molar-refractivity contribution in [3.05, 3.63) is 0 Å². The van der Waals surface area contributed by atoms with E-state index in [9.17, 15) is 4.79 Å². The Morgan fingerprint density at radius 2 is 2.00 bits per heavy atom. The SMILES string of the molecule is CCCCN(C(=O)C(C)C(N)=NO)C(C)CC. The molecule has 100 valence electrons. The number of amidine groups is 1. The monoisotopic (exact) mass is 243 g/mol. The van der Waals surface area contributed by atoms with Crippen LogP contribution in [-0.2, 0) is 4.79 Å². The van der Waals surface area contributed by atoms with Gasteiger partial charge in [-0.1, -0.05) is 25.4 Å². The van der Waals surface area contributed by atoms with Gasteiger partial charge in [0.1, 0.15) is 0 Å². The van der Waals surface area contributed by atoms with Gasteiger partial charge in [-0.05, 0) is 26.7 Å². The van der Waals surface area contributed by atoms with Crippen molar-refractivity contribution in [2.45, 2.75) is 53.0 Å². The molecular weight excluding hydrogens is 218 g/mol. The minimum absolute atomic E-state index is 0.0280. The van der Waals surface area contributed by atoms with Gasteiger partial charge in [0.05, 0.1) is 5.92 Å². The summed E-state index contributed by atoms with van der Waals surface area (Å²) in [6.07, 6.45) is 2.91. The van der Waals surface area contributed by atoms with Crippen LogP contribution in [0.4, 0.5) is 0 Å². The summed E-state index contributed by atoms with van der Waals surface area (Å²) in [4.78, 5) is 14.0. The molecule has 0 aliphatic rings. The summed E-state index contributed by atoms with van der Waals surface area (Å²) in [5, 5.41) is 11.5. The zero-order valence-corrected chi connectivity index (χ0v) is 11.3. The van der Waals surface area contributed by atoms with Crippen LogP contribution in [0.5, 0.6) is 0 Å². The first kappa shape index (κ1) is 15.7. The number of unbranched alkanes of at least 4 members (excludes halogenated alkanes) is 1. The highest BCUT2D eigenvalue weighted by Crippen LogP contribution is 2.11. The van der Waals surface area contributed by atoms with Crippen LogP contribution in [0.25, 0.3) is 0 Å². The van der Waals surface area contributed by atoms with Gasteiger partial charge in [0.25, 0.3) is 0 Å². The maximum atomic E-state index is 12.2. The zero-order valence-electron chi connectivity index (χ0n) is 11.3. The number of nitrogens with two attached hydrogens (primary N) is 1. The Balaban J connectivity index is 4.73. The second-order valence-corrected chi connectivity index (χ2v) is 4.39. The van der Waals surface area contributed by atoms with E-state index in [1.807, 2.05) is 18.7 Å². The van der Waals surface area contributed by atoms with E-state index in [1.165, 1.54) is 0 Å². The second kappa shape index (κ2) is 7.92. The molecule has 0 rings (SSSR count). The van der Waals surface area contributed by atoms with Gasteiger partial charge in [0.15, 0.2) is 5.84 Å². The van der Waals surface area contributed by atoms with Crippen LogP contribution in [0.15, 0.2) is 5.16 Å². The molecule has 3 N–H and O–H groups in total. The predicted molar refractivity (Wildman–Crippen MR) is 68.9 cm³/mol. The first-order valence-corrected chi connectivity index (χ1v) is 6.27. The molecule has 0 spiro atoms. The second-order valence-electron chi connectivity index (χ2n) is 4.39. The van der Waals surface area contributed by atoms with Crippen molar-refractivity contribution in [3.8, 4) is 0 Å². The van der Waals surface area contributed by atoms with E-state index in [0.717, 1.165) is 25.8 Å². The van der Waals surface area contributed by atoms with Crippen LogP contribution in [-0.4, -0.2) is 34.4 Å². The number of hydrogen-bond donors (Lipinski definition) is 2. The first-order valence-electron chi connectivity index (χ1n) is 6.27. The van der Waals surface area contributed by atoms with Crippen LogP contribution >= 0.6 is 0 Å². The number of hydrogen-bond acceptors (Lipinski definition) is 3. The molecule has 0 radical (unpaired) electrons. The van der Waals surface area contributed by atoms with E-state index in [-0.39, 0.29) is 17.8 Å². The fraction of sp³-hybridized carbons (Fsp3) is 0.833. The summed E-state index contributed by atoms with van der Waals surface area (Å²) in [7, 11) is 0. The summed E-state index contributed by atoms with van der Waals surface area (Å²) < 4.78 is 0. The quantitative estimate of drug-likeness (QED) is 0.310. The number of nitrogens with zero attached hydrogens (tertiary/aromatic N) is 2. The molecule has 2 atom stereocenters. The number of carbonyl (C=O) groups is 1. The fourth-order valence-corrected chi connectivity index (χ4v) is 1.56. The average Bonchev–Trinajstić information content (AvgIpc) is 2.36. The van der Waals surface area contributed by atoms with Crippen molar-refractivity contribution in [3.63, 3.8) is 0 Å². The Morgan fingerprint density at radius 1 is 1.41 bits per heavy atom. The molecule has 5 heteroatoms. The molecule has 0 aromatic rings. The standard InChI is InChI=1S/C12H25N3O2/c1-5-7-8-15(9(3)6-2)12(16)10(4)11(13)14-17/h9-10,17H,5-8H2,1-4H3,(H2,13,14). The molecule has 0 saturated carbocycles. The van der Waals surface area contributed by atoms with Gasteiger partial charge in [0, 0.05) is 12.6 Å². The van der Waals surface area contributed by atoms with Crippen LogP contribution in [0, 0.1) is 5.92 Å². The van der Waals surface area contributed by atoms with Gasteiger partial charge in [-0.3, -0.25) is 4.79 Å². The lowest BCUT2D eigenvalue weighted by molar-refractivity contribution is -0.135. The van der Waals surface area contributed by atoms with Gasteiger partial charge in [-0.25, -0.2) is 0 Å². The maximum Gasteiger partial charge on any atom is 0.233 e. The molecule has 5 nitrogen and oxygen atoms in total. The van der Waals surface area contributed by atoms with E-state index < -0.39 is 5.92 Å². The summed E-state index contributed by atoms with van der Waals surface area (Å²) in [6, 6.07) is 0.183. The van der Waals surface area contributed by atoms with Gasteiger partial charge in [-0.2, -0.15) is 0 Å². The topological polar surface area (TPSA) is 78.9 Å². The third-order valence-corrected chi connectivity index (χ3v) is 3.09. The smallest absolute Gasteiger partial charge is 0.233 e. The van der Waals surface area contributed by atoms with E-state index in [0.29, 0.717) is 0 Å². The Labute approximate surface area is 104 Å². The first-order chi connectivity index (χ1) is 7.99. The molecule has 0 aromatic carbocycles. The summed E-state index contributed by atoms with van der Waals surface area (Å²) in [5.41, 5.74) is 5.48. The summed E-state index contributed by atoms with van der Waals surface area (Å²) in [5.74, 6) is -0.659. The summed E-state index contributed by atoms with van der Waals surface area (Å²) in [6.45, 7) is 8.55. The minimum Gasteiger partial charge on any atom is -0.409 e. The molecule has 0 aliphatic heterocycles. The number of amides is 1. The van der Waals surface area contributed by atoms with Crippen molar-refractivity contribution in [1.29, 1.82) is 0 Å². The van der Waals surface area contributed by atoms with Crippen molar-refractivity contribution in [1.82, 2.24) is 4.90 Å². The average molecular weight is 243 g/mol. The molecule has 1 amide bonds. The van der Waals surface area contributed by atoms with E-state index in [2.05, 4.69) is 12.1 Å². The van der Waals surface area contributed by atoms with Gasteiger partial charge < -0.3 is 15.8 Å². The van der Waals surface area contributed by atoms with Crippen LogP contribution in [0.3, 0.4) is 0 Å². The third-order valence-electron chi connectivity index (χ3n) is 3.09. The molecule has 0 aromatic heterocycles. The predicted octanol–water partition coefficient (Wildman–Crippen LogP) is 1.80. The van der Waals surface area contributed by atoms with E-state index in [1.54, 1.807) is 6.92 Å². The van der Waals surface area contributed by atoms with E-state index >= 15 is 0 Å². The van der Waals surface area contributed by atoms with Gasteiger partial charge in [0.2, 0.25) is 5.91 Å². The van der Waals surface area contributed by atoms with E-state index in [4.69, 9.17) is 10.9 Å².